The smallest absolute Gasteiger partial charge is 0.387 e. The molecule has 130 valence electrons. The topological polar surface area (TPSA) is 50.9 Å². The third-order valence-corrected chi connectivity index (χ3v) is 3.95. The molecule has 1 aromatic carbocycles. The number of halogens is 3. The fourth-order valence-corrected chi connectivity index (χ4v) is 2.55. The highest BCUT2D eigenvalue weighted by Crippen LogP contribution is 2.23. The Labute approximate surface area is 153 Å². The van der Waals surface area contributed by atoms with Gasteiger partial charge < -0.3 is 15.4 Å². The zero-order chi connectivity index (χ0) is 16.1. The minimum Gasteiger partial charge on any atom is -0.434 e. The highest BCUT2D eigenvalue weighted by atomic mass is 127. The number of rotatable bonds is 4. The number of ether oxygens (including phenoxy) is 1. The molecule has 23 heavy (non-hydrogen) atoms. The van der Waals surface area contributed by atoms with Crippen molar-refractivity contribution in [2.75, 3.05) is 13.1 Å². The van der Waals surface area contributed by atoms with E-state index in [4.69, 9.17) is 5.73 Å². The van der Waals surface area contributed by atoms with Crippen molar-refractivity contribution in [1.82, 2.24) is 4.90 Å². The van der Waals surface area contributed by atoms with Crippen molar-refractivity contribution in [2.45, 2.75) is 39.8 Å². The molecule has 0 unspecified atom stereocenters. The number of piperidine rings is 1. The first-order chi connectivity index (χ1) is 10.5. The molecule has 1 fully saturated rings. The van der Waals surface area contributed by atoms with E-state index in [-0.39, 0.29) is 36.3 Å². The summed E-state index contributed by atoms with van der Waals surface area (Å²) in [6.07, 6.45) is 2.20. The van der Waals surface area contributed by atoms with Crippen LogP contribution >= 0.6 is 24.0 Å². The lowest BCUT2D eigenvalue weighted by Crippen LogP contribution is -2.42. The lowest BCUT2D eigenvalue weighted by molar-refractivity contribution is -0.0504. The SMILES string of the molecule is Cc1ccc(OC(F)F)c(CN=C(N)N2CCC(C)CC2)c1.I. The molecule has 2 rings (SSSR count). The van der Waals surface area contributed by atoms with Gasteiger partial charge in [0.1, 0.15) is 5.75 Å². The van der Waals surface area contributed by atoms with Gasteiger partial charge in [0, 0.05) is 18.7 Å². The molecule has 0 atom stereocenters. The molecule has 0 aliphatic carbocycles. The van der Waals surface area contributed by atoms with Gasteiger partial charge in [0.05, 0.1) is 6.54 Å². The van der Waals surface area contributed by atoms with E-state index >= 15 is 0 Å². The number of guanidine groups is 1. The van der Waals surface area contributed by atoms with E-state index in [1.165, 1.54) is 0 Å². The van der Waals surface area contributed by atoms with Crippen LogP contribution in [0.1, 0.15) is 30.9 Å². The van der Waals surface area contributed by atoms with Crippen LogP contribution in [-0.4, -0.2) is 30.6 Å². The average molecular weight is 439 g/mol. The van der Waals surface area contributed by atoms with Crippen LogP contribution in [0.3, 0.4) is 0 Å². The van der Waals surface area contributed by atoms with E-state index in [1.807, 2.05) is 11.8 Å². The van der Waals surface area contributed by atoms with Crippen molar-refractivity contribution < 1.29 is 13.5 Å². The van der Waals surface area contributed by atoms with Gasteiger partial charge in [-0.15, -0.1) is 24.0 Å². The van der Waals surface area contributed by atoms with Gasteiger partial charge in [0.25, 0.3) is 0 Å². The first-order valence-electron chi connectivity index (χ1n) is 7.55. The molecule has 0 spiro atoms. The highest BCUT2D eigenvalue weighted by Gasteiger charge is 2.17. The number of nitrogens with zero attached hydrogens (tertiary/aromatic N) is 2. The standard InChI is InChI=1S/C16H23F2N3O.HI/c1-11-5-7-21(8-6-11)16(19)20-10-13-9-12(2)3-4-14(13)22-15(17)18;/h3-4,9,11,15H,5-8,10H2,1-2H3,(H2,19,20);1H. The van der Waals surface area contributed by atoms with Crippen molar-refractivity contribution in [3.8, 4) is 5.75 Å². The van der Waals surface area contributed by atoms with Crippen LogP contribution < -0.4 is 10.5 Å². The molecule has 0 saturated carbocycles. The summed E-state index contributed by atoms with van der Waals surface area (Å²) in [6.45, 7) is 3.31. The molecule has 1 aromatic rings. The van der Waals surface area contributed by atoms with Gasteiger partial charge in [0.15, 0.2) is 5.96 Å². The van der Waals surface area contributed by atoms with Crippen LogP contribution in [0, 0.1) is 12.8 Å². The van der Waals surface area contributed by atoms with Gasteiger partial charge in [-0.2, -0.15) is 8.78 Å². The van der Waals surface area contributed by atoms with Crippen molar-refractivity contribution in [3.63, 3.8) is 0 Å². The first kappa shape index (κ1) is 19.9. The normalized spacial score (nSPS) is 16.4. The van der Waals surface area contributed by atoms with E-state index in [1.54, 1.807) is 18.2 Å². The van der Waals surface area contributed by atoms with Crippen LogP contribution in [0.2, 0.25) is 0 Å². The molecular formula is C16H24F2IN3O. The second kappa shape index (κ2) is 9.24. The van der Waals surface area contributed by atoms with E-state index in [2.05, 4.69) is 16.7 Å². The van der Waals surface area contributed by atoms with Gasteiger partial charge in [0.2, 0.25) is 0 Å². The second-order valence-electron chi connectivity index (χ2n) is 5.83. The van der Waals surface area contributed by atoms with Crippen molar-refractivity contribution in [3.05, 3.63) is 29.3 Å². The molecule has 7 heteroatoms. The van der Waals surface area contributed by atoms with Gasteiger partial charge in [-0.1, -0.05) is 24.6 Å². The predicted molar refractivity (Wildman–Crippen MR) is 98.5 cm³/mol. The predicted octanol–water partition coefficient (Wildman–Crippen LogP) is 3.76. The first-order valence-corrected chi connectivity index (χ1v) is 7.55. The van der Waals surface area contributed by atoms with Crippen LogP contribution in [-0.2, 0) is 6.54 Å². The summed E-state index contributed by atoms with van der Waals surface area (Å²) in [7, 11) is 0. The van der Waals surface area contributed by atoms with Gasteiger partial charge in [-0.3, -0.25) is 0 Å². The monoisotopic (exact) mass is 439 g/mol. The summed E-state index contributed by atoms with van der Waals surface area (Å²) in [5.74, 6) is 1.34. The minimum atomic E-state index is -2.84. The van der Waals surface area contributed by atoms with Crippen LogP contribution in [0.15, 0.2) is 23.2 Å². The van der Waals surface area contributed by atoms with Crippen molar-refractivity contribution in [1.29, 1.82) is 0 Å². The van der Waals surface area contributed by atoms with Crippen LogP contribution in [0.5, 0.6) is 5.75 Å². The van der Waals surface area contributed by atoms with Gasteiger partial charge in [-0.25, -0.2) is 4.99 Å². The summed E-state index contributed by atoms with van der Waals surface area (Å²) in [6, 6.07) is 5.08. The fourth-order valence-electron chi connectivity index (χ4n) is 2.55. The summed E-state index contributed by atoms with van der Waals surface area (Å²) in [5, 5.41) is 0. The molecule has 0 radical (unpaired) electrons. The lowest BCUT2D eigenvalue weighted by Gasteiger charge is -2.31. The van der Waals surface area contributed by atoms with E-state index < -0.39 is 6.61 Å². The third-order valence-electron chi connectivity index (χ3n) is 3.95. The van der Waals surface area contributed by atoms with E-state index in [9.17, 15) is 8.78 Å². The lowest BCUT2D eigenvalue weighted by atomic mass is 10.00. The van der Waals surface area contributed by atoms with Gasteiger partial charge in [-0.05, 0) is 31.7 Å². The number of aliphatic imine (C=N–C) groups is 1. The number of aryl methyl sites for hydroxylation is 1. The fraction of sp³-hybridized carbons (Fsp3) is 0.562. The Balaban J connectivity index is 0.00000264. The van der Waals surface area contributed by atoms with E-state index in [0.717, 1.165) is 31.5 Å². The summed E-state index contributed by atoms with van der Waals surface area (Å²) >= 11 is 0. The molecule has 1 aliphatic heterocycles. The average Bonchev–Trinajstić information content (AvgIpc) is 2.47. The molecule has 1 saturated heterocycles. The largest absolute Gasteiger partial charge is 0.434 e. The van der Waals surface area contributed by atoms with Crippen molar-refractivity contribution in [2.24, 2.45) is 16.6 Å². The molecule has 0 amide bonds. The van der Waals surface area contributed by atoms with Crippen LogP contribution in [0.4, 0.5) is 8.78 Å². The Morgan fingerprint density at radius 3 is 2.65 bits per heavy atom. The molecule has 1 heterocycles. The molecule has 0 bridgehead atoms. The summed E-state index contributed by atoms with van der Waals surface area (Å²) in [4.78, 5) is 6.39. The minimum absolute atomic E-state index is 0. The Morgan fingerprint density at radius 1 is 1.39 bits per heavy atom. The molecule has 2 N–H and O–H groups in total. The number of alkyl halides is 2. The van der Waals surface area contributed by atoms with E-state index in [0.29, 0.717) is 17.4 Å². The number of benzene rings is 1. The molecular weight excluding hydrogens is 415 g/mol. The third kappa shape index (κ3) is 6.12. The summed E-state index contributed by atoms with van der Waals surface area (Å²) in [5.41, 5.74) is 7.61. The number of hydrogen-bond acceptors (Lipinski definition) is 2. The maximum absolute atomic E-state index is 12.4. The maximum atomic E-state index is 12.4. The quantitative estimate of drug-likeness (QED) is 0.442. The zero-order valence-corrected chi connectivity index (χ0v) is 15.8. The Kier molecular flexibility index (Phi) is 8.01. The highest BCUT2D eigenvalue weighted by molar-refractivity contribution is 14.0. The maximum Gasteiger partial charge on any atom is 0.387 e. The molecule has 1 aliphatic rings. The van der Waals surface area contributed by atoms with Crippen LogP contribution in [0.25, 0.3) is 0 Å². The Bertz CT molecular complexity index is 532. The molecule has 0 aromatic heterocycles. The number of likely N-dealkylation sites (tertiary alicyclic amines) is 1. The number of nitrogens with two attached hydrogens (primary N) is 1. The Hall–Kier alpha value is -1.12. The van der Waals surface area contributed by atoms with Crippen molar-refractivity contribution >= 4 is 29.9 Å². The second-order valence-corrected chi connectivity index (χ2v) is 5.83. The van der Waals surface area contributed by atoms with Gasteiger partial charge >= 0.3 is 6.61 Å². The Morgan fingerprint density at radius 2 is 2.04 bits per heavy atom. The molecule has 4 nitrogen and oxygen atoms in total. The zero-order valence-electron chi connectivity index (χ0n) is 13.5. The number of hydrogen-bond donors (Lipinski definition) is 1. The summed E-state index contributed by atoms with van der Waals surface area (Å²) < 4.78 is 29.4.